The van der Waals surface area contributed by atoms with Gasteiger partial charge in [-0.1, -0.05) is 30.3 Å². The van der Waals surface area contributed by atoms with Gasteiger partial charge in [0, 0.05) is 0 Å². The van der Waals surface area contributed by atoms with Gasteiger partial charge in [0.05, 0.1) is 11.9 Å². The van der Waals surface area contributed by atoms with Crippen molar-refractivity contribution >= 4 is 29.2 Å². The molecule has 4 amide bonds. The van der Waals surface area contributed by atoms with Gasteiger partial charge >= 0.3 is 6.03 Å². The second-order valence-corrected chi connectivity index (χ2v) is 7.93. The monoisotopic (exact) mass is 387 g/mol. The van der Waals surface area contributed by atoms with Crippen molar-refractivity contribution in [3.8, 4) is 0 Å². The van der Waals surface area contributed by atoms with Crippen LogP contribution in [0.2, 0.25) is 0 Å². The zero-order chi connectivity index (χ0) is 19.6. The summed E-state index contributed by atoms with van der Waals surface area (Å²) in [6.07, 6.45) is 0. The molecule has 142 valence electrons. The molecule has 2 heterocycles. The summed E-state index contributed by atoms with van der Waals surface area (Å²) < 4.78 is 0. The highest BCUT2D eigenvalue weighted by Crippen LogP contribution is 2.27. The van der Waals surface area contributed by atoms with E-state index in [1.54, 1.807) is 42.5 Å². The first-order valence-corrected chi connectivity index (χ1v) is 9.55. The third-order valence-electron chi connectivity index (χ3n) is 4.67. The van der Waals surface area contributed by atoms with Gasteiger partial charge in [-0.05, 0) is 36.4 Å². The number of carbonyl (C=O) groups excluding carboxylic acids is 3. The Bertz CT molecular complexity index is 867. The number of urea groups is 1. The molecule has 0 saturated carbocycles. The minimum absolute atomic E-state index is 0.149. The van der Waals surface area contributed by atoms with Gasteiger partial charge < -0.3 is 10.2 Å². The molecule has 1 aliphatic rings. The fraction of sp³-hybridized carbons (Fsp3) is 0.316. The fourth-order valence-corrected chi connectivity index (χ4v) is 4.09. The van der Waals surface area contributed by atoms with Gasteiger partial charge in [0.1, 0.15) is 12.1 Å². The predicted molar refractivity (Wildman–Crippen MR) is 102 cm³/mol. The number of amides is 4. The van der Waals surface area contributed by atoms with E-state index in [0.29, 0.717) is 12.1 Å². The first-order chi connectivity index (χ1) is 12.8. The number of hydrazine groups is 1. The normalized spacial score (nSPS) is 20.5. The lowest BCUT2D eigenvalue weighted by atomic mass is 9.92. The molecular weight excluding hydrogens is 364 g/mol. The Kier molecular flexibility index (Phi) is 5.29. The lowest BCUT2D eigenvalue weighted by Gasteiger charge is -2.22. The number of rotatable bonds is 6. The zero-order valence-electron chi connectivity index (χ0n) is 15.5. The van der Waals surface area contributed by atoms with E-state index in [2.05, 4.69) is 10.7 Å². The lowest BCUT2D eigenvalue weighted by molar-refractivity contribution is -0.885. The lowest BCUT2D eigenvalue weighted by Crippen LogP contribution is -3.09. The number of aryl methyl sites for hydroxylation is 1. The highest BCUT2D eigenvalue weighted by molar-refractivity contribution is 7.10. The molecule has 1 saturated heterocycles. The largest absolute Gasteiger partial charge is 0.344 e. The van der Waals surface area contributed by atoms with Crippen LogP contribution in [0.15, 0.2) is 41.8 Å². The first kappa shape index (κ1) is 19.1. The van der Waals surface area contributed by atoms with E-state index in [-0.39, 0.29) is 12.5 Å². The first-order valence-electron chi connectivity index (χ1n) is 8.67. The second-order valence-electron chi connectivity index (χ2n) is 6.93. The van der Waals surface area contributed by atoms with E-state index in [1.165, 1.54) is 10.4 Å². The summed E-state index contributed by atoms with van der Waals surface area (Å²) in [6.45, 7) is 4.53. The topological polar surface area (TPSA) is 82.9 Å². The maximum atomic E-state index is 12.8. The molecule has 1 aromatic heterocycles. The molecule has 0 aliphatic carbocycles. The summed E-state index contributed by atoms with van der Waals surface area (Å²) in [5.41, 5.74) is 3.11. The van der Waals surface area contributed by atoms with Crippen LogP contribution in [0, 0.1) is 6.92 Å². The van der Waals surface area contributed by atoms with Crippen molar-refractivity contribution < 1.29 is 19.3 Å². The Balaban J connectivity index is 1.63. The Morgan fingerprint density at radius 1 is 1.26 bits per heavy atom. The van der Waals surface area contributed by atoms with Crippen molar-refractivity contribution in [2.24, 2.45) is 0 Å². The standard InChI is InChI=1S/C19H22N4O3S/c1-13-9-10-27-15(13)11-22(3)12-16(24)21-23-17(25)19(2,20-18(23)26)14-7-5-4-6-8-14/h4-10H,11-12H2,1-3H3,(H,20,26)(H,21,24)/p+1/t19-/m0/s1. The highest BCUT2D eigenvalue weighted by atomic mass is 32.1. The van der Waals surface area contributed by atoms with Crippen molar-refractivity contribution in [1.82, 2.24) is 15.8 Å². The molecule has 3 N–H and O–H groups in total. The van der Waals surface area contributed by atoms with Gasteiger partial charge in [-0.15, -0.1) is 11.3 Å². The van der Waals surface area contributed by atoms with Crippen LogP contribution in [0.25, 0.3) is 0 Å². The van der Waals surface area contributed by atoms with Gasteiger partial charge in [-0.25, -0.2) is 4.79 Å². The average molecular weight is 387 g/mol. The van der Waals surface area contributed by atoms with Gasteiger partial charge in [0.25, 0.3) is 11.8 Å². The minimum Gasteiger partial charge on any atom is -0.325 e. The second kappa shape index (κ2) is 7.50. The van der Waals surface area contributed by atoms with Crippen LogP contribution in [0.1, 0.15) is 22.9 Å². The van der Waals surface area contributed by atoms with Gasteiger partial charge in [0.2, 0.25) is 0 Å². The van der Waals surface area contributed by atoms with Gasteiger partial charge in [-0.3, -0.25) is 15.0 Å². The van der Waals surface area contributed by atoms with Crippen molar-refractivity contribution in [2.45, 2.75) is 25.9 Å². The summed E-state index contributed by atoms with van der Waals surface area (Å²) in [5, 5.41) is 5.47. The van der Waals surface area contributed by atoms with Crippen LogP contribution in [0.4, 0.5) is 4.79 Å². The predicted octanol–water partition coefficient (Wildman–Crippen LogP) is 0.570. The molecule has 7 nitrogen and oxygen atoms in total. The SMILES string of the molecule is Cc1ccsc1C[NH+](C)CC(=O)NN1C(=O)N[C@@](C)(c2ccccc2)C1=O. The molecule has 1 aromatic carbocycles. The smallest absolute Gasteiger partial charge is 0.325 e. The molecule has 1 aliphatic heterocycles. The molecular formula is C19H23N4O3S+. The molecule has 8 heteroatoms. The fourth-order valence-electron chi connectivity index (χ4n) is 3.07. The van der Waals surface area contributed by atoms with Gasteiger partial charge in [-0.2, -0.15) is 5.01 Å². The van der Waals surface area contributed by atoms with E-state index in [1.807, 2.05) is 31.5 Å². The molecule has 2 aromatic rings. The van der Waals surface area contributed by atoms with Crippen LogP contribution in [-0.4, -0.2) is 36.4 Å². The molecule has 2 atom stereocenters. The number of nitrogens with one attached hydrogen (secondary N) is 3. The number of nitrogens with zero attached hydrogens (tertiary/aromatic N) is 1. The van der Waals surface area contributed by atoms with Crippen LogP contribution in [0.3, 0.4) is 0 Å². The van der Waals surface area contributed by atoms with Crippen molar-refractivity contribution in [3.05, 3.63) is 57.8 Å². The quantitative estimate of drug-likeness (QED) is 0.634. The van der Waals surface area contributed by atoms with E-state index < -0.39 is 17.5 Å². The molecule has 1 fully saturated rings. The molecule has 27 heavy (non-hydrogen) atoms. The van der Waals surface area contributed by atoms with Crippen LogP contribution >= 0.6 is 11.3 Å². The zero-order valence-corrected chi connectivity index (χ0v) is 16.4. The number of likely N-dealkylation sites (N-methyl/N-ethyl adjacent to an activating group) is 1. The molecule has 0 radical (unpaired) electrons. The van der Waals surface area contributed by atoms with Crippen molar-refractivity contribution in [2.75, 3.05) is 13.6 Å². The number of imide groups is 1. The molecule has 1 unspecified atom stereocenters. The maximum absolute atomic E-state index is 12.8. The summed E-state index contributed by atoms with van der Waals surface area (Å²) in [7, 11) is 1.90. The van der Waals surface area contributed by atoms with E-state index in [4.69, 9.17) is 0 Å². The summed E-state index contributed by atoms with van der Waals surface area (Å²) in [4.78, 5) is 39.6. The minimum atomic E-state index is -1.20. The van der Waals surface area contributed by atoms with Crippen LogP contribution < -0.4 is 15.6 Å². The Morgan fingerprint density at radius 2 is 1.96 bits per heavy atom. The third-order valence-corrected chi connectivity index (χ3v) is 5.69. The summed E-state index contributed by atoms with van der Waals surface area (Å²) in [5.74, 6) is -0.888. The van der Waals surface area contributed by atoms with Crippen molar-refractivity contribution in [1.29, 1.82) is 0 Å². The van der Waals surface area contributed by atoms with Crippen LogP contribution in [-0.2, 0) is 21.7 Å². The van der Waals surface area contributed by atoms with Crippen LogP contribution in [0.5, 0.6) is 0 Å². The number of carbonyl (C=O) groups is 3. The maximum Gasteiger partial charge on any atom is 0.344 e. The number of thiophene rings is 1. The highest BCUT2D eigenvalue weighted by Gasteiger charge is 2.50. The Hall–Kier alpha value is -2.71. The number of hydrogen-bond donors (Lipinski definition) is 3. The van der Waals surface area contributed by atoms with E-state index in [9.17, 15) is 14.4 Å². The number of benzene rings is 1. The van der Waals surface area contributed by atoms with Crippen molar-refractivity contribution in [3.63, 3.8) is 0 Å². The summed E-state index contributed by atoms with van der Waals surface area (Å²) >= 11 is 1.65. The van der Waals surface area contributed by atoms with E-state index >= 15 is 0 Å². The summed E-state index contributed by atoms with van der Waals surface area (Å²) in [6, 6.07) is 10.4. The average Bonchev–Trinajstić information content (AvgIpc) is 3.12. The Morgan fingerprint density at radius 3 is 2.59 bits per heavy atom. The number of hydrogen-bond acceptors (Lipinski definition) is 4. The van der Waals surface area contributed by atoms with Gasteiger partial charge in [0.15, 0.2) is 6.54 Å². The molecule has 0 bridgehead atoms. The Labute approximate surface area is 161 Å². The molecule has 0 spiro atoms. The molecule has 3 rings (SSSR count). The van der Waals surface area contributed by atoms with E-state index in [0.717, 1.165) is 9.91 Å². The number of quaternary nitrogens is 1. The third kappa shape index (κ3) is 3.86.